The van der Waals surface area contributed by atoms with Crippen molar-refractivity contribution in [2.45, 2.75) is 11.3 Å². The Morgan fingerprint density at radius 2 is 1.92 bits per heavy atom. The third-order valence-corrected chi connectivity index (χ3v) is 5.94. The van der Waals surface area contributed by atoms with Gasteiger partial charge in [-0.3, -0.25) is 20.4 Å². The zero-order valence-corrected chi connectivity index (χ0v) is 16.1. The van der Waals surface area contributed by atoms with Gasteiger partial charge in [0.15, 0.2) is 4.34 Å². The Bertz CT molecular complexity index is 878. The number of carbonyl (C=O) groups is 2. The first-order valence-electron chi connectivity index (χ1n) is 7.53. The molecule has 0 radical (unpaired) electrons. The van der Waals surface area contributed by atoms with E-state index in [1.165, 1.54) is 40.0 Å². The fraction of sp³-hybridized carbons (Fsp3) is 0.125. The number of amides is 2. The van der Waals surface area contributed by atoms with E-state index < -0.39 is 0 Å². The largest absolute Gasteiger partial charge is 0.330 e. The average Bonchev–Trinajstić information content (AvgIpc) is 3.32. The quantitative estimate of drug-likeness (QED) is 0.430. The van der Waals surface area contributed by atoms with E-state index in [9.17, 15) is 9.59 Å². The third kappa shape index (κ3) is 5.28. The minimum atomic E-state index is -0.334. The molecule has 10 heteroatoms. The Labute approximate surface area is 162 Å². The molecule has 1 aromatic carbocycles. The summed E-state index contributed by atoms with van der Waals surface area (Å²) in [6.07, 6.45) is 0. The molecule has 7 nitrogen and oxygen atoms in total. The molecule has 3 rings (SSSR count). The predicted molar refractivity (Wildman–Crippen MR) is 105 cm³/mol. The van der Waals surface area contributed by atoms with E-state index in [0.717, 1.165) is 5.69 Å². The first-order chi connectivity index (χ1) is 12.6. The molecule has 3 N–H and O–H groups in total. The van der Waals surface area contributed by atoms with E-state index in [1.807, 2.05) is 31.2 Å². The maximum atomic E-state index is 11.8. The summed E-state index contributed by atoms with van der Waals surface area (Å²) in [7, 11) is 0. The molecule has 0 aliphatic carbocycles. The van der Waals surface area contributed by atoms with Crippen LogP contribution in [0.15, 0.2) is 46.1 Å². The Morgan fingerprint density at radius 3 is 2.65 bits per heavy atom. The minimum Gasteiger partial charge on any atom is -0.330 e. The highest BCUT2D eigenvalue weighted by atomic mass is 32.2. The van der Waals surface area contributed by atoms with Crippen molar-refractivity contribution < 1.29 is 9.59 Å². The van der Waals surface area contributed by atoms with Crippen LogP contribution in [0.3, 0.4) is 0 Å². The van der Waals surface area contributed by atoms with Crippen LogP contribution in [0.5, 0.6) is 0 Å². The van der Waals surface area contributed by atoms with Crippen molar-refractivity contribution in [1.29, 1.82) is 0 Å². The first-order valence-corrected chi connectivity index (χ1v) is 10.2. The van der Waals surface area contributed by atoms with E-state index >= 15 is 0 Å². The molecular weight excluding hydrogens is 390 g/mol. The maximum Gasteiger partial charge on any atom is 0.279 e. The van der Waals surface area contributed by atoms with Gasteiger partial charge in [0.1, 0.15) is 0 Å². The van der Waals surface area contributed by atoms with E-state index in [4.69, 9.17) is 0 Å². The monoisotopic (exact) mass is 405 g/mol. The van der Waals surface area contributed by atoms with Gasteiger partial charge >= 0.3 is 0 Å². The van der Waals surface area contributed by atoms with Gasteiger partial charge in [0.25, 0.3) is 5.91 Å². The predicted octanol–water partition coefficient (Wildman–Crippen LogP) is 3.20. The molecule has 26 heavy (non-hydrogen) atoms. The molecule has 2 amide bonds. The van der Waals surface area contributed by atoms with Gasteiger partial charge in [-0.25, -0.2) is 0 Å². The van der Waals surface area contributed by atoms with Gasteiger partial charge in [0.05, 0.1) is 10.6 Å². The zero-order chi connectivity index (χ0) is 18.4. The second-order valence-electron chi connectivity index (χ2n) is 5.13. The van der Waals surface area contributed by atoms with Gasteiger partial charge in [-0.05, 0) is 30.5 Å². The van der Waals surface area contributed by atoms with Crippen LogP contribution in [-0.2, 0) is 4.79 Å². The first kappa shape index (κ1) is 18.4. The Balaban J connectivity index is 1.43. The highest BCUT2D eigenvalue weighted by molar-refractivity contribution is 8.01. The average molecular weight is 406 g/mol. The van der Waals surface area contributed by atoms with Gasteiger partial charge in [-0.1, -0.05) is 46.9 Å². The summed E-state index contributed by atoms with van der Waals surface area (Å²) in [5.74, 6) is -0.522. The zero-order valence-electron chi connectivity index (χ0n) is 13.7. The molecule has 134 valence electrons. The molecule has 0 aliphatic rings. The van der Waals surface area contributed by atoms with Crippen LogP contribution in [0.25, 0.3) is 0 Å². The molecule has 2 aromatic heterocycles. The van der Waals surface area contributed by atoms with Gasteiger partial charge < -0.3 is 5.32 Å². The van der Waals surface area contributed by atoms with Crippen molar-refractivity contribution in [3.05, 3.63) is 52.2 Å². The molecule has 0 aliphatic heterocycles. The topological polar surface area (TPSA) is 96.0 Å². The number of hydrogen-bond donors (Lipinski definition) is 3. The summed E-state index contributed by atoms with van der Waals surface area (Å²) in [6, 6.07) is 11.4. The second-order valence-corrected chi connectivity index (χ2v) is 8.28. The molecular formula is C16H15N5O2S3. The Morgan fingerprint density at radius 1 is 1.12 bits per heavy atom. The van der Waals surface area contributed by atoms with Crippen LogP contribution >= 0.6 is 34.4 Å². The van der Waals surface area contributed by atoms with Gasteiger partial charge in [-0.2, -0.15) is 0 Å². The molecule has 0 bridgehead atoms. The van der Waals surface area contributed by atoms with Gasteiger partial charge in [0.2, 0.25) is 11.0 Å². The number of aryl methyl sites for hydroxylation is 1. The van der Waals surface area contributed by atoms with Crippen molar-refractivity contribution in [1.82, 2.24) is 21.0 Å². The highest BCUT2D eigenvalue weighted by Crippen LogP contribution is 2.27. The highest BCUT2D eigenvalue weighted by Gasteiger charge is 2.10. The molecule has 2 heterocycles. The fourth-order valence-electron chi connectivity index (χ4n) is 1.84. The van der Waals surface area contributed by atoms with Gasteiger partial charge in [-0.15, -0.1) is 21.5 Å². The number of nitrogens with one attached hydrogen (secondary N) is 3. The summed E-state index contributed by atoms with van der Waals surface area (Å²) < 4.78 is 0.666. The fourth-order valence-corrected chi connectivity index (χ4v) is 4.03. The lowest BCUT2D eigenvalue weighted by Crippen LogP contribution is -2.42. The van der Waals surface area contributed by atoms with E-state index in [2.05, 4.69) is 26.4 Å². The standard InChI is InChI=1S/C16H15N5O2S3/c1-10-4-6-11(7-5-10)17-15-20-21-16(26-15)25-9-13(22)18-19-14(23)12-3-2-8-24-12/h2-8H,9H2,1H3,(H,17,20)(H,18,22)(H,19,23). The number of anilines is 2. The molecule has 0 unspecified atom stereocenters. The summed E-state index contributed by atoms with van der Waals surface area (Å²) in [6.45, 7) is 2.03. The van der Waals surface area contributed by atoms with Crippen molar-refractivity contribution >= 4 is 57.1 Å². The number of rotatable bonds is 6. The lowest BCUT2D eigenvalue weighted by Gasteiger charge is -2.04. The summed E-state index contributed by atoms with van der Waals surface area (Å²) >= 11 is 3.92. The molecule has 0 fully saturated rings. The van der Waals surface area contributed by atoms with Crippen LogP contribution in [0.2, 0.25) is 0 Å². The lowest BCUT2D eigenvalue weighted by atomic mass is 10.2. The molecule has 0 saturated heterocycles. The van der Waals surface area contributed by atoms with Crippen molar-refractivity contribution in [2.24, 2.45) is 0 Å². The maximum absolute atomic E-state index is 11.8. The van der Waals surface area contributed by atoms with E-state index in [1.54, 1.807) is 17.5 Å². The molecule has 3 aromatic rings. The summed E-state index contributed by atoms with van der Waals surface area (Å²) in [5, 5.41) is 13.7. The number of hydrogen-bond acceptors (Lipinski definition) is 8. The summed E-state index contributed by atoms with van der Waals surface area (Å²) in [5.41, 5.74) is 6.87. The molecule has 0 spiro atoms. The molecule has 0 atom stereocenters. The lowest BCUT2D eigenvalue weighted by molar-refractivity contribution is -0.119. The normalized spacial score (nSPS) is 10.3. The number of carbonyl (C=O) groups excluding carboxylic acids is 2. The van der Waals surface area contributed by atoms with Crippen LogP contribution in [-0.4, -0.2) is 27.8 Å². The molecule has 0 saturated carbocycles. The van der Waals surface area contributed by atoms with Gasteiger partial charge in [0, 0.05) is 5.69 Å². The van der Waals surface area contributed by atoms with Crippen molar-refractivity contribution in [2.75, 3.05) is 11.1 Å². The third-order valence-electron chi connectivity index (χ3n) is 3.10. The number of hydrazine groups is 1. The van der Waals surface area contributed by atoms with E-state index in [-0.39, 0.29) is 17.6 Å². The van der Waals surface area contributed by atoms with Crippen molar-refractivity contribution in [3.63, 3.8) is 0 Å². The number of benzene rings is 1. The number of aromatic nitrogens is 2. The number of thioether (sulfide) groups is 1. The Kier molecular flexibility index (Phi) is 6.21. The van der Waals surface area contributed by atoms with Crippen LogP contribution in [0.1, 0.15) is 15.2 Å². The number of nitrogens with zero attached hydrogens (tertiary/aromatic N) is 2. The second kappa shape index (κ2) is 8.79. The smallest absolute Gasteiger partial charge is 0.279 e. The Hall–Kier alpha value is -2.43. The van der Waals surface area contributed by atoms with Crippen LogP contribution in [0, 0.1) is 6.92 Å². The number of thiophene rings is 1. The SMILES string of the molecule is Cc1ccc(Nc2nnc(SCC(=O)NNC(=O)c3cccs3)s2)cc1. The van der Waals surface area contributed by atoms with Crippen LogP contribution in [0.4, 0.5) is 10.8 Å². The van der Waals surface area contributed by atoms with Crippen molar-refractivity contribution in [3.8, 4) is 0 Å². The van der Waals surface area contributed by atoms with E-state index in [0.29, 0.717) is 14.3 Å². The summed E-state index contributed by atoms with van der Waals surface area (Å²) in [4.78, 5) is 24.1. The minimum absolute atomic E-state index is 0.129. The van der Waals surface area contributed by atoms with Crippen LogP contribution < -0.4 is 16.2 Å².